The summed E-state index contributed by atoms with van der Waals surface area (Å²) in [5.74, 6) is 0.968. The molecular weight excluding hydrogens is 442 g/mol. The number of likely N-dealkylation sites (tertiary alicyclic amines) is 1. The zero-order chi connectivity index (χ0) is 24.8. The first kappa shape index (κ1) is 24.5. The van der Waals surface area contributed by atoms with E-state index in [-0.39, 0.29) is 24.4 Å². The normalized spacial score (nSPS) is 14.6. The SMILES string of the molecule is Cc1cc(C)nc(-n2nc(C)cc2NC(=O)CN2CCC(NC(=O)CCc3ccccc3)CC2)n1. The fraction of sp³-hybridized carbons (Fsp3) is 0.423. The molecule has 184 valence electrons. The number of rotatable bonds is 8. The number of carbonyl (C=O) groups is 2. The summed E-state index contributed by atoms with van der Waals surface area (Å²) in [7, 11) is 0. The van der Waals surface area contributed by atoms with E-state index >= 15 is 0 Å². The number of anilines is 1. The van der Waals surface area contributed by atoms with Gasteiger partial charge in [-0.1, -0.05) is 30.3 Å². The number of carbonyl (C=O) groups excluding carboxylic acids is 2. The van der Waals surface area contributed by atoms with Gasteiger partial charge in [-0.05, 0) is 51.7 Å². The van der Waals surface area contributed by atoms with Crippen molar-refractivity contribution in [3.05, 3.63) is 65.1 Å². The van der Waals surface area contributed by atoms with Crippen molar-refractivity contribution < 1.29 is 9.59 Å². The maximum atomic E-state index is 12.8. The molecule has 2 aromatic heterocycles. The third-order valence-corrected chi connectivity index (χ3v) is 6.06. The van der Waals surface area contributed by atoms with E-state index in [1.165, 1.54) is 5.56 Å². The summed E-state index contributed by atoms with van der Waals surface area (Å²) < 4.78 is 1.57. The van der Waals surface area contributed by atoms with E-state index in [0.29, 0.717) is 18.2 Å². The van der Waals surface area contributed by atoms with Crippen LogP contribution in [0.5, 0.6) is 0 Å². The molecule has 1 aliphatic rings. The molecule has 2 N–H and O–H groups in total. The van der Waals surface area contributed by atoms with Gasteiger partial charge in [0.25, 0.3) is 5.95 Å². The fourth-order valence-electron chi connectivity index (χ4n) is 4.37. The van der Waals surface area contributed by atoms with Crippen molar-refractivity contribution in [2.45, 2.75) is 52.5 Å². The van der Waals surface area contributed by atoms with Crippen LogP contribution in [-0.2, 0) is 16.0 Å². The predicted octanol–water partition coefficient (Wildman–Crippen LogP) is 2.74. The monoisotopic (exact) mass is 475 g/mol. The van der Waals surface area contributed by atoms with Crippen molar-refractivity contribution in [3.8, 4) is 5.95 Å². The molecule has 0 aliphatic carbocycles. The van der Waals surface area contributed by atoms with Crippen LogP contribution in [0.4, 0.5) is 5.82 Å². The van der Waals surface area contributed by atoms with E-state index in [0.717, 1.165) is 49.4 Å². The van der Waals surface area contributed by atoms with Gasteiger partial charge >= 0.3 is 0 Å². The van der Waals surface area contributed by atoms with Crippen LogP contribution in [0, 0.1) is 20.8 Å². The van der Waals surface area contributed by atoms with E-state index in [4.69, 9.17) is 0 Å². The molecule has 0 atom stereocenters. The molecule has 3 heterocycles. The number of aryl methyl sites for hydroxylation is 4. The van der Waals surface area contributed by atoms with Gasteiger partial charge in [0.15, 0.2) is 0 Å². The average molecular weight is 476 g/mol. The second kappa shape index (κ2) is 11.2. The van der Waals surface area contributed by atoms with Gasteiger partial charge in [0, 0.05) is 43.0 Å². The summed E-state index contributed by atoms with van der Waals surface area (Å²) in [5.41, 5.74) is 3.62. The average Bonchev–Trinajstić information content (AvgIpc) is 3.19. The number of hydrogen-bond donors (Lipinski definition) is 2. The van der Waals surface area contributed by atoms with Crippen molar-refractivity contribution >= 4 is 17.6 Å². The standard InChI is InChI=1S/C26H33N7O2/c1-18-15-19(2)28-26(27-18)33-23(16-20(3)31-33)30-25(35)17-32-13-11-22(12-14-32)29-24(34)10-9-21-7-5-4-6-8-21/h4-8,15-16,22H,9-14,17H2,1-3H3,(H,29,34)(H,30,35). The first-order chi connectivity index (χ1) is 16.9. The van der Waals surface area contributed by atoms with Crippen LogP contribution < -0.4 is 10.6 Å². The molecule has 0 saturated carbocycles. The first-order valence-electron chi connectivity index (χ1n) is 12.1. The zero-order valence-corrected chi connectivity index (χ0v) is 20.6. The topological polar surface area (TPSA) is 105 Å². The highest BCUT2D eigenvalue weighted by Gasteiger charge is 2.23. The molecule has 35 heavy (non-hydrogen) atoms. The minimum absolute atomic E-state index is 0.0854. The number of piperidine rings is 1. The number of aromatic nitrogens is 4. The third-order valence-electron chi connectivity index (χ3n) is 6.06. The first-order valence-corrected chi connectivity index (χ1v) is 12.1. The van der Waals surface area contributed by atoms with Crippen LogP contribution in [0.1, 0.15) is 41.9 Å². The summed E-state index contributed by atoms with van der Waals surface area (Å²) in [4.78, 5) is 36.1. The molecule has 9 heteroatoms. The van der Waals surface area contributed by atoms with Crippen molar-refractivity contribution in [3.63, 3.8) is 0 Å². The zero-order valence-electron chi connectivity index (χ0n) is 20.6. The summed E-state index contributed by atoms with van der Waals surface area (Å²) >= 11 is 0. The Morgan fingerprint density at radius 3 is 2.31 bits per heavy atom. The largest absolute Gasteiger partial charge is 0.353 e. The Labute approximate surface area is 206 Å². The van der Waals surface area contributed by atoms with Gasteiger partial charge in [-0.3, -0.25) is 14.5 Å². The lowest BCUT2D eigenvalue weighted by Gasteiger charge is -2.31. The van der Waals surface area contributed by atoms with Crippen LogP contribution in [-0.4, -0.2) is 62.1 Å². The van der Waals surface area contributed by atoms with Gasteiger partial charge < -0.3 is 10.6 Å². The molecule has 0 unspecified atom stereocenters. The van der Waals surface area contributed by atoms with E-state index in [2.05, 4.69) is 30.6 Å². The molecule has 9 nitrogen and oxygen atoms in total. The number of hydrogen-bond acceptors (Lipinski definition) is 6. The third kappa shape index (κ3) is 6.95. The van der Waals surface area contributed by atoms with Crippen molar-refractivity contribution in [2.75, 3.05) is 25.0 Å². The molecular formula is C26H33N7O2. The quantitative estimate of drug-likeness (QED) is 0.519. The highest BCUT2D eigenvalue weighted by Crippen LogP contribution is 2.16. The van der Waals surface area contributed by atoms with Gasteiger partial charge in [0.05, 0.1) is 12.2 Å². The second-order valence-corrected chi connectivity index (χ2v) is 9.19. The Morgan fingerprint density at radius 2 is 1.63 bits per heavy atom. The van der Waals surface area contributed by atoms with Crippen LogP contribution in [0.15, 0.2) is 42.5 Å². The lowest BCUT2D eigenvalue weighted by molar-refractivity contribution is -0.122. The van der Waals surface area contributed by atoms with Crippen LogP contribution in [0.2, 0.25) is 0 Å². The molecule has 1 aromatic carbocycles. The molecule has 1 fully saturated rings. The Morgan fingerprint density at radius 1 is 0.943 bits per heavy atom. The maximum absolute atomic E-state index is 12.8. The Kier molecular flexibility index (Phi) is 7.87. The summed E-state index contributed by atoms with van der Waals surface area (Å²) in [6, 6.07) is 13.9. The second-order valence-electron chi connectivity index (χ2n) is 9.19. The molecule has 0 radical (unpaired) electrons. The Balaban J connectivity index is 1.24. The van der Waals surface area contributed by atoms with Gasteiger partial charge in [-0.15, -0.1) is 0 Å². The number of nitrogens with one attached hydrogen (secondary N) is 2. The molecule has 2 amide bonds. The number of benzene rings is 1. The number of amides is 2. The predicted molar refractivity (Wildman–Crippen MR) is 134 cm³/mol. The van der Waals surface area contributed by atoms with Crippen LogP contribution >= 0.6 is 0 Å². The molecule has 1 aliphatic heterocycles. The van der Waals surface area contributed by atoms with Gasteiger partial charge in [0.2, 0.25) is 11.8 Å². The molecule has 3 aromatic rings. The summed E-state index contributed by atoms with van der Waals surface area (Å²) in [6.45, 7) is 7.48. The van der Waals surface area contributed by atoms with Gasteiger partial charge in [-0.2, -0.15) is 9.78 Å². The lowest BCUT2D eigenvalue weighted by Crippen LogP contribution is -2.46. The molecule has 1 saturated heterocycles. The minimum atomic E-state index is -0.110. The van der Waals surface area contributed by atoms with Crippen molar-refractivity contribution in [1.29, 1.82) is 0 Å². The molecule has 4 rings (SSSR count). The van der Waals surface area contributed by atoms with Crippen molar-refractivity contribution in [2.24, 2.45) is 0 Å². The minimum Gasteiger partial charge on any atom is -0.353 e. The summed E-state index contributed by atoms with van der Waals surface area (Å²) in [6.07, 6.45) is 2.90. The van der Waals surface area contributed by atoms with Gasteiger partial charge in [-0.25, -0.2) is 9.97 Å². The van der Waals surface area contributed by atoms with E-state index in [9.17, 15) is 9.59 Å². The summed E-state index contributed by atoms with van der Waals surface area (Å²) in [5, 5.41) is 10.6. The van der Waals surface area contributed by atoms with E-state index in [1.54, 1.807) is 4.68 Å². The molecule has 0 spiro atoms. The van der Waals surface area contributed by atoms with E-state index < -0.39 is 0 Å². The highest BCUT2D eigenvalue weighted by molar-refractivity contribution is 5.91. The van der Waals surface area contributed by atoms with E-state index in [1.807, 2.05) is 63.2 Å². The highest BCUT2D eigenvalue weighted by atomic mass is 16.2. The van der Waals surface area contributed by atoms with Crippen LogP contribution in [0.3, 0.4) is 0 Å². The Hall–Kier alpha value is -3.59. The van der Waals surface area contributed by atoms with Crippen LogP contribution in [0.25, 0.3) is 5.95 Å². The van der Waals surface area contributed by atoms with Gasteiger partial charge in [0.1, 0.15) is 5.82 Å². The maximum Gasteiger partial charge on any atom is 0.252 e. The smallest absolute Gasteiger partial charge is 0.252 e. The van der Waals surface area contributed by atoms with Crippen molar-refractivity contribution in [1.82, 2.24) is 30.0 Å². The fourth-order valence-corrected chi connectivity index (χ4v) is 4.37. The lowest BCUT2D eigenvalue weighted by atomic mass is 10.0. The Bertz CT molecular complexity index is 1150. The number of nitrogens with zero attached hydrogens (tertiary/aromatic N) is 5. The molecule has 0 bridgehead atoms.